The van der Waals surface area contributed by atoms with Crippen LogP contribution in [0.2, 0.25) is 0 Å². The van der Waals surface area contributed by atoms with E-state index in [0.717, 1.165) is 35.1 Å². The lowest BCUT2D eigenvalue weighted by atomic mass is 10.1. The second kappa shape index (κ2) is 4.53. The molecule has 4 heteroatoms. The summed E-state index contributed by atoms with van der Waals surface area (Å²) in [5.41, 5.74) is 0.861. The molecule has 1 amide bonds. The van der Waals surface area contributed by atoms with Crippen molar-refractivity contribution in [3.05, 3.63) is 30.5 Å². The highest BCUT2D eigenvalue weighted by atomic mass is 16.2. The molecular weight excluding hydrogens is 238 g/mol. The standard InChI is InChI=1S/C15H17N3O/c1-18(2)14-13-6-5-12(9-11(13)7-8-16-14)17-15(19)10-3-4-10/h5-10H,3-4H2,1-2H3,(H,17,19). The molecule has 0 spiro atoms. The van der Waals surface area contributed by atoms with Crippen LogP contribution in [0, 0.1) is 5.92 Å². The van der Waals surface area contributed by atoms with Gasteiger partial charge in [0.05, 0.1) is 0 Å². The van der Waals surface area contributed by atoms with Gasteiger partial charge in [0.15, 0.2) is 0 Å². The summed E-state index contributed by atoms with van der Waals surface area (Å²) in [5, 5.41) is 5.16. The van der Waals surface area contributed by atoms with Crippen LogP contribution in [-0.4, -0.2) is 25.0 Å². The quantitative estimate of drug-likeness (QED) is 0.917. The molecule has 3 rings (SSSR count). The van der Waals surface area contributed by atoms with Gasteiger partial charge in [-0.3, -0.25) is 4.79 Å². The minimum absolute atomic E-state index is 0.140. The molecule has 2 aromatic rings. The highest BCUT2D eigenvalue weighted by Crippen LogP contribution is 2.31. The van der Waals surface area contributed by atoms with E-state index in [1.807, 2.05) is 43.3 Å². The van der Waals surface area contributed by atoms with Gasteiger partial charge in [0, 0.05) is 37.3 Å². The normalized spacial score (nSPS) is 14.4. The van der Waals surface area contributed by atoms with Gasteiger partial charge in [-0.05, 0) is 42.5 Å². The number of fused-ring (bicyclic) bond motifs is 1. The van der Waals surface area contributed by atoms with Crippen molar-refractivity contribution in [1.29, 1.82) is 0 Å². The first-order valence-corrected chi connectivity index (χ1v) is 6.52. The second-order valence-electron chi connectivity index (χ2n) is 5.23. The number of aromatic nitrogens is 1. The number of hydrogen-bond donors (Lipinski definition) is 1. The van der Waals surface area contributed by atoms with Crippen LogP contribution in [0.5, 0.6) is 0 Å². The van der Waals surface area contributed by atoms with Crippen LogP contribution in [0.25, 0.3) is 10.8 Å². The highest BCUT2D eigenvalue weighted by Gasteiger charge is 2.29. The largest absolute Gasteiger partial charge is 0.362 e. The third-order valence-electron chi connectivity index (χ3n) is 3.38. The van der Waals surface area contributed by atoms with E-state index in [2.05, 4.69) is 10.3 Å². The minimum Gasteiger partial charge on any atom is -0.362 e. The van der Waals surface area contributed by atoms with Gasteiger partial charge in [0.25, 0.3) is 0 Å². The van der Waals surface area contributed by atoms with Crippen LogP contribution in [0.4, 0.5) is 11.5 Å². The molecule has 4 nitrogen and oxygen atoms in total. The van der Waals surface area contributed by atoms with E-state index in [9.17, 15) is 4.79 Å². The Bertz CT molecular complexity index is 632. The molecule has 1 heterocycles. The summed E-state index contributed by atoms with van der Waals surface area (Å²) in [5.74, 6) is 1.31. The monoisotopic (exact) mass is 255 g/mol. The van der Waals surface area contributed by atoms with Crippen molar-refractivity contribution in [3.8, 4) is 0 Å². The van der Waals surface area contributed by atoms with Crippen LogP contribution in [0.3, 0.4) is 0 Å². The molecule has 1 aromatic heterocycles. The first-order chi connectivity index (χ1) is 9.15. The van der Waals surface area contributed by atoms with Gasteiger partial charge in [-0.25, -0.2) is 4.98 Å². The van der Waals surface area contributed by atoms with E-state index in [1.165, 1.54) is 0 Å². The van der Waals surface area contributed by atoms with Crippen molar-refractivity contribution in [1.82, 2.24) is 4.98 Å². The number of pyridine rings is 1. The first-order valence-electron chi connectivity index (χ1n) is 6.52. The minimum atomic E-state index is 0.140. The molecule has 1 aromatic carbocycles. The number of benzene rings is 1. The summed E-state index contributed by atoms with van der Waals surface area (Å²) in [6, 6.07) is 7.93. The Morgan fingerprint density at radius 3 is 2.79 bits per heavy atom. The van der Waals surface area contributed by atoms with E-state index in [1.54, 1.807) is 6.20 Å². The molecule has 1 fully saturated rings. The Hall–Kier alpha value is -2.10. The van der Waals surface area contributed by atoms with Gasteiger partial charge >= 0.3 is 0 Å². The Morgan fingerprint density at radius 2 is 2.11 bits per heavy atom. The lowest BCUT2D eigenvalue weighted by Gasteiger charge is -2.14. The van der Waals surface area contributed by atoms with Crippen LogP contribution in [0.15, 0.2) is 30.5 Å². The number of rotatable bonds is 3. The molecule has 0 atom stereocenters. The SMILES string of the molecule is CN(C)c1nccc2cc(NC(=O)C3CC3)ccc12. The maximum atomic E-state index is 11.8. The van der Waals surface area contributed by atoms with Gasteiger partial charge < -0.3 is 10.2 Å². The molecular formula is C15H17N3O. The number of anilines is 2. The maximum Gasteiger partial charge on any atom is 0.227 e. The fourth-order valence-electron chi connectivity index (χ4n) is 2.19. The Kier molecular flexibility index (Phi) is 2.85. The lowest BCUT2D eigenvalue weighted by Crippen LogP contribution is -2.13. The van der Waals surface area contributed by atoms with Crippen molar-refractivity contribution in [3.63, 3.8) is 0 Å². The molecule has 0 radical (unpaired) electrons. The van der Waals surface area contributed by atoms with E-state index in [0.29, 0.717) is 0 Å². The van der Waals surface area contributed by atoms with Crippen LogP contribution >= 0.6 is 0 Å². The van der Waals surface area contributed by atoms with Crippen LogP contribution < -0.4 is 10.2 Å². The molecule has 98 valence electrons. The predicted octanol–water partition coefficient (Wildman–Crippen LogP) is 2.65. The van der Waals surface area contributed by atoms with Crippen molar-refractivity contribution in [2.45, 2.75) is 12.8 Å². The Labute approximate surface area is 112 Å². The highest BCUT2D eigenvalue weighted by molar-refractivity contribution is 5.99. The van der Waals surface area contributed by atoms with Crippen molar-refractivity contribution in [2.75, 3.05) is 24.3 Å². The number of hydrogen-bond acceptors (Lipinski definition) is 3. The molecule has 1 aliphatic rings. The average Bonchev–Trinajstić information content (AvgIpc) is 3.21. The fourth-order valence-corrected chi connectivity index (χ4v) is 2.19. The molecule has 0 saturated heterocycles. The summed E-state index contributed by atoms with van der Waals surface area (Å²) < 4.78 is 0. The zero-order chi connectivity index (χ0) is 13.4. The topological polar surface area (TPSA) is 45.2 Å². The molecule has 0 bridgehead atoms. The summed E-state index contributed by atoms with van der Waals surface area (Å²) in [6.45, 7) is 0. The van der Waals surface area contributed by atoms with E-state index in [4.69, 9.17) is 0 Å². The maximum absolute atomic E-state index is 11.8. The van der Waals surface area contributed by atoms with Crippen molar-refractivity contribution in [2.24, 2.45) is 5.92 Å². The number of carbonyl (C=O) groups is 1. The molecule has 1 saturated carbocycles. The summed E-state index contributed by atoms with van der Waals surface area (Å²) in [7, 11) is 3.95. The van der Waals surface area contributed by atoms with Crippen molar-refractivity contribution < 1.29 is 4.79 Å². The van der Waals surface area contributed by atoms with E-state index < -0.39 is 0 Å². The number of amides is 1. The van der Waals surface area contributed by atoms with E-state index in [-0.39, 0.29) is 11.8 Å². The molecule has 0 aliphatic heterocycles. The van der Waals surface area contributed by atoms with Gasteiger partial charge in [0.2, 0.25) is 5.91 Å². The molecule has 0 unspecified atom stereocenters. The zero-order valence-electron chi connectivity index (χ0n) is 11.2. The number of carbonyl (C=O) groups excluding carboxylic acids is 1. The first kappa shape index (κ1) is 12.0. The number of nitrogens with one attached hydrogen (secondary N) is 1. The summed E-state index contributed by atoms with van der Waals surface area (Å²) in [6.07, 6.45) is 3.84. The van der Waals surface area contributed by atoms with Crippen LogP contribution in [-0.2, 0) is 4.79 Å². The fraction of sp³-hybridized carbons (Fsp3) is 0.333. The van der Waals surface area contributed by atoms with E-state index >= 15 is 0 Å². The second-order valence-corrected chi connectivity index (χ2v) is 5.23. The van der Waals surface area contributed by atoms with Gasteiger partial charge in [-0.2, -0.15) is 0 Å². The summed E-state index contributed by atoms with van der Waals surface area (Å²) >= 11 is 0. The molecule has 19 heavy (non-hydrogen) atoms. The van der Waals surface area contributed by atoms with Crippen molar-refractivity contribution >= 4 is 28.2 Å². The molecule has 1 N–H and O–H groups in total. The summed E-state index contributed by atoms with van der Waals surface area (Å²) in [4.78, 5) is 18.1. The molecule has 1 aliphatic carbocycles. The average molecular weight is 255 g/mol. The van der Waals surface area contributed by atoms with Gasteiger partial charge in [-0.15, -0.1) is 0 Å². The van der Waals surface area contributed by atoms with Gasteiger partial charge in [-0.1, -0.05) is 0 Å². The lowest BCUT2D eigenvalue weighted by molar-refractivity contribution is -0.117. The van der Waals surface area contributed by atoms with Gasteiger partial charge in [0.1, 0.15) is 5.82 Å². The predicted molar refractivity (Wildman–Crippen MR) is 77.4 cm³/mol. The Morgan fingerprint density at radius 1 is 1.32 bits per heavy atom. The third kappa shape index (κ3) is 2.38. The third-order valence-corrected chi connectivity index (χ3v) is 3.38. The number of nitrogens with zero attached hydrogens (tertiary/aromatic N) is 2. The smallest absolute Gasteiger partial charge is 0.227 e. The Balaban J connectivity index is 1.94. The zero-order valence-corrected chi connectivity index (χ0v) is 11.2. The van der Waals surface area contributed by atoms with Crippen LogP contribution in [0.1, 0.15) is 12.8 Å².